The van der Waals surface area contributed by atoms with Gasteiger partial charge in [0, 0.05) is 24.6 Å². The van der Waals surface area contributed by atoms with E-state index in [1.807, 2.05) is 20.8 Å². The van der Waals surface area contributed by atoms with E-state index in [1.165, 1.54) is 12.1 Å². The minimum absolute atomic E-state index is 0.125. The zero-order valence-electron chi connectivity index (χ0n) is 13.3. The second-order valence-corrected chi connectivity index (χ2v) is 5.87. The van der Waals surface area contributed by atoms with Gasteiger partial charge in [0.05, 0.1) is 12.7 Å². The molecule has 1 aromatic rings. The van der Waals surface area contributed by atoms with Crippen LogP contribution < -0.4 is 5.32 Å². The van der Waals surface area contributed by atoms with Crippen molar-refractivity contribution in [2.45, 2.75) is 45.9 Å². The van der Waals surface area contributed by atoms with Crippen molar-refractivity contribution in [1.82, 2.24) is 5.32 Å². The molecule has 0 aromatic heterocycles. The quantitative estimate of drug-likeness (QED) is 0.459. The van der Waals surface area contributed by atoms with Crippen LogP contribution >= 0.6 is 0 Å². The van der Waals surface area contributed by atoms with E-state index in [9.17, 15) is 15.3 Å². The number of aliphatic carboxylic acids is 1. The molecule has 6 N–H and O–H groups in total. The number of carboxylic acids is 1. The molecule has 0 aliphatic heterocycles. The van der Waals surface area contributed by atoms with Crippen molar-refractivity contribution in [3.63, 3.8) is 0 Å². The van der Waals surface area contributed by atoms with Crippen LogP contribution in [0.3, 0.4) is 0 Å². The molecule has 1 rings (SSSR count). The van der Waals surface area contributed by atoms with Gasteiger partial charge in [-0.05, 0) is 38.5 Å². The number of β-amino-alcohol motifs (C(OH)–C–C–N with tert-alkyl or cyclic N) is 1. The minimum Gasteiger partial charge on any atom is -0.504 e. The summed E-state index contributed by atoms with van der Waals surface area (Å²) in [4.78, 5) is 9.00. The highest BCUT2D eigenvalue weighted by atomic mass is 16.4. The Balaban J connectivity index is 0.000000980. The van der Waals surface area contributed by atoms with E-state index in [0.717, 1.165) is 6.92 Å². The molecule has 0 aliphatic rings. The lowest BCUT2D eigenvalue weighted by molar-refractivity contribution is -0.134. The van der Waals surface area contributed by atoms with E-state index < -0.39 is 18.7 Å². The number of rotatable bonds is 4. The molecule has 0 fully saturated rings. The number of hydrogen-bond acceptors (Lipinski definition) is 6. The fraction of sp³-hybridized carbons (Fsp3) is 0.533. The van der Waals surface area contributed by atoms with Crippen LogP contribution in [-0.4, -0.2) is 43.6 Å². The van der Waals surface area contributed by atoms with Crippen LogP contribution in [0.1, 0.15) is 44.9 Å². The van der Waals surface area contributed by atoms with Crippen LogP contribution in [0, 0.1) is 0 Å². The molecular weight excluding hydrogens is 290 g/mol. The average molecular weight is 315 g/mol. The molecule has 0 saturated carbocycles. The molecule has 1 atom stereocenters. The Morgan fingerprint density at radius 3 is 2.18 bits per heavy atom. The smallest absolute Gasteiger partial charge is 0.300 e. The predicted molar refractivity (Wildman–Crippen MR) is 81.7 cm³/mol. The fourth-order valence-electron chi connectivity index (χ4n) is 1.54. The van der Waals surface area contributed by atoms with Gasteiger partial charge in [0.15, 0.2) is 11.5 Å². The Morgan fingerprint density at radius 2 is 1.77 bits per heavy atom. The van der Waals surface area contributed by atoms with E-state index in [-0.39, 0.29) is 22.6 Å². The van der Waals surface area contributed by atoms with Crippen LogP contribution in [-0.2, 0) is 11.4 Å². The number of phenolic OH excluding ortho intramolecular Hbond substituents is 1. The number of hydrogen-bond donors (Lipinski definition) is 6. The molecule has 0 aliphatic carbocycles. The number of aliphatic hydroxyl groups is 2. The third-order valence-corrected chi connectivity index (χ3v) is 2.57. The first kappa shape index (κ1) is 20.2. The summed E-state index contributed by atoms with van der Waals surface area (Å²) in [6.07, 6.45) is -0.818. The zero-order valence-corrected chi connectivity index (χ0v) is 13.3. The molecule has 0 spiro atoms. The molecular formula is C15H25NO6. The highest BCUT2D eigenvalue weighted by molar-refractivity contribution is 5.62. The summed E-state index contributed by atoms with van der Waals surface area (Å²) in [7, 11) is 0. The fourth-order valence-corrected chi connectivity index (χ4v) is 1.54. The van der Waals surface area contributed by atoms with Gasteiger partial charge >= 0.3 is 0 Å². The predicted octanol–water partition coefficient (Wildman–Crippen LogP) is 1.10. The summed E-state index contributed by atoms with van der Waals surface area (Å²) in [6.45, 7) is 6.94. The van der Waals surface area contributed by atoms with E-state index in [2.05, 4.69) is 5.32 Å². The van der Waals surface area contributed by atoms with Crippen molar-refractivity contribution in [1.29, 1.82) is 0 Å². The lowest BCUT2D eigenvalue weighted by Crippen LogP contribution is -2.38. The van der Waals surface area contributed by atoms with Crippen molar-refractivity contribution in [3.8, 4) is 11.5 Å². The lowest BCUT2D eigenvalue weighted by atomic mass is 10.0. The van der Waals surface area contributed by atoms with E-state index in [0.29, 0.717) is 12.1 Å². The highest BCUT2D eigenvalue weighted by Crippen LogP contribution is 2.32. The molecule has 1 aromatic carbocycles. The molecule has 22 heavy (non-hydrogen) atoms. The van der Waals surface area contributed by atoms with Crippen molar-refractivity contribution in [2.75, 3.05) is 6.54 Å². The van der Waals surface area contributed by atoms with Crippen LogP contribution in [0.4, 0.5) is 0 Å². The summed E-state index contributed by atoms with van der Waals surface area (Å²) in [5.41, 5.74) is 0.519. The summed E-state index contributed by atoms with van der Waals surface area (Å²) in [6, 6.07) is 2.77. The highest BCUT2D eigenvalue weighted by Gasteiger charge is 2.16. The first-order valence-corrected chi connectivity index (χ1v) is 6.76. The number of phenols is 2. The van der Waals surface area contributed by atoms with E-state index >= 15 is 0 Å². The van der Waals surface area contributed by atoms with Crippen LogP contribution in [0.25, 0.3) is 0 Å². The first-order chi connectivity index (χ1) is 9.97. The molecule has 0 heterocycles. The summed E-state index contributed by atoms with van der Waals surface area (Å²) < 4.78 is 0. The first-order valence-electron chi connectivity index (χ1n) is 6.76. The Bertz CT molecular complexity index is 492. The zero-order chi connectivity index (χ0) is 17.5. The molecule has 0 bridgehead atoms. The Labute approximate surface area is 129 Å². The maximum atomic E-state index is 9.98. The third kappa shape index (κ3) is 7.82. The molecule has 126 valence electrons. The number of carboxylic acid groups (broad SMARTS) is 1. The number of aliphatic hydroxyl groups excluding tert-OH is 2. The molecule has 1 unspecified atom stereocenters. The maximum absolute atomic E-state index is 9.98. The van der Waals surface area contributed by atoms with Crippen LogP contribution in [0.5, 0.6) is 11.5 Å². The minimum atomic E-state index is -0.833. The molecule has 0 saturated heterocycles. The molecule has 0 radical (unpaired) electrons. The van der Waals surface area contributed by atoms with E-state index in [4.69, 9.17) is 15.0 Å². The van der Waals surface area contributed by atoms with Gasteiger partial charge in [-0.1, -0.05) is 0 Å². The van der Waals surface area contributed by atoms with Gasteiger partial charge in [-0.3, -0.25) is 4.79 Å². The molecule has 0 amide bonds. The molecule has 7 nitrogen and oxygen atoms in total. The van der Waals surface area contributed by atoms with Crippen LogP contribution in [0.2, 0.25) is 0 Å². The standard InChI is InChI=1S/C13H21NO4.C2H4O2/c1-13(2,3)14-6-11(17)8-4-9(7-15)12(18)10(16)5-8;1-2(3)4/h4-5,11,14-18H,6-7H2,1-3H3;1H3,(H,3,4). The summed E-state index contributed by atoms with van der Waals surface area (Å²) >= 11 is 0. The average Bonchev–Trinajstić information content (AvgIpc) is 2.37. The normalized spacial score (nSPS) is 12.3. The number of aromatic hydroxyl groups is 2. The topological polar surface area (TPSA) is 130 Å². The van der Waals surface area contributed by atoms with Gasteiger partial charge in [0.25, 0.3) is 5.97 Å². The van der Waals surface area contributed by atoms with Gasteiger partial charge in [0.2, 0.25) is 0 Å². The Morgan fingerprint density at radius 1 is 1.27 bits per heavy atom. The van der Waals surface area contributed by atoms with Gasteiger partial charge in [0.1, 0.15) is 0 Å². The monoisotopic (exact) mass is 315 g/mol. The van der Waals surface area contributed by atoms with Crippen LogP contribution in [0.15, 0.2) is 12.1 Å². The number of carbonyl (C=O) groups is 1. The second kappa shape index (κ2) is 8.57. The maximum Gasteiger partial charge on any atom is 0.300 e. The SMILES string of the molecule is CC(=O)O.CC(C)(C)NCC(O)c1cc(O)c(O)c(CO)c1. The Hall–Kier alpha value is -1.83. The van der Waals surface area contributed by atoms with Crippen molar-refractivity contribution in [2.24, 2.45) is 0 Å². The summed E-state index contributed by atoms with van der Waals surface area (Å²) in [5, 5.41) is 48.5. The van der Waals surface area contributed by atoms with Gasteiger partial charge in [-0.15, -0.1) is 0 Å². The number of benzene rings is 1. The van der Waals surface area contributed by atoms with E-state index in [1.54, 1.807) is 0 Å². The van der Waals surface area contributed by atoms with Gasteiger partial charge < -0.3 is 30.8 Å². The van der Waals surface area contributed by atoms with Crippen molar-refractivity contribution >= 4 is 5.97 Å². The second-order valence-electron chi connectivity index (χ2n) is 5.87. The molecule has 7 heteroatoms. The summed E-state index contributed by atoms with van der Waals surface area (Å²) in [5.74, 6) is -1.52. The lowest BCUT2D eigenvalue weighted by Gasteiger charge is -2.23. The van der Waals surface area contributed by atoms with Gasteiger partial charge in [-0.25, -0.2) is 0 Å². The number of nitrogens with one attached hydrogen (secondary N) is 1. The van der Waals surface area contributed by atoms with Crippen molar-refractivity contribution < 1.29 is 30.3 Å². The van der Waals surface area contributed by atoms with Crippen molar-refractivity contribution in [3.05, 3.63) is 23.3 Å². The largest absolute Gasteiger partial charge is 0.504 e. The third-order valence-electron chi connectivity index (χ3n) is 2.57. The van der Waals surface area contributed by atoms with Gasteiger partial charge in [-0.2, -0.15) is 0 Å². The Kier molecular flexibility index (Phi) is 7.86.